The Labute approximate surface area is 226 Å². The van der Waals surface area contributed by atoms with Crippen molar-refractivity contribution in [1.29, 1.82) is 0 Å². The molecule has 3 aromatic carbocycles. The highest BCUT2D eigenvalue weighted by Crippen LogP contribution is 2.39. The zero-order valence-corrected chi connectivity index (χ0v) is 21.9. The molecule has 1 N–H and O–H groups in total. The molecule has 1 aliphatic rings. The molecule has 1 aliphatic heterocycles. The topological polar surface area (TPSA) is 64.3 Å². The lowest BCUT2D eigenvalue weighted by molar-refractivity contribution is 0.194. The Morgan fingerprint density at radius 1 is 1.00 bits per heavy atom. The number of hydrogen-bond acceptors (Lipinski definition) is 3. The van der Waals surface area contributed by atoms with Crippen LogP contribution in [0.25, 0.3) is 11.5 Å². The van der Waals surface area contributed by atoms with E-state index in [1.807, 2.05) is 84.5 Å². The minimum absolute atomic E-state index is 0.289. The van der Waals surface area contributed by atoms with Crippen LogP contribution in [0.2, 0.25) is 0 Å². The van der Waals surface area contributed by atoms with Crippen molar-refractivity contribution >= 4 is 11.7 Å². The molecule has 0 radical (unpaired) electrons. The first-order chi connectivity index (χ1) is 18.9. The Hall–Kier alpha value is -4.85. The van der Waals surface area contributed by atoms with Crippen molar-refractivity contribution in [2.45, 2.75) is 26.4 Å². The number of para-hydroxylation sites is 1. The van der Waals surface area contributed by atoms with Gasteiger partial charge in [-0.05, 0) is 73.5 Å². The lowest BCUT2D eigenvalue weighted by atomic mass is 10.0. The van der Waals surface area contributed by atoms with Gasteiger partial charge in [-0.2, -0.15) is 5.10 Å². The van der Waals surface area contributed by atoms with Crippen LogP contribution < -0.4 is 10.1 Å². The first-order valence-electron chi connectivity index (χ1n) is 12.7. The molecule has 0 spiro atoms. The zero-order valence-electron chi connectivity index (χ0n) is 21.9. The number of urea groups is 1. The number of benzene rings is 3. The Kier molecular flexibility index (Phi) is 6.15. The van der Waals surface area contributed by atoms with Crippen molar-refractivity contribution in [3.05, 3.63) is 125 Å². The number of halogens is 1. The fourth-order valence-electron chi connectivity index (χ4n) is 5.18. The van der Waals surface area contributed by atoms with E-state index in [4.69, 9.17) is 9.84 Å². The summed E-state index contributed by atoms with van der Waals surface area (Å²) in [5, 5.41) is 7.80. The highest BCUT2D eigenvalue weighted by molar-refractivity contribution is 5.90. The van der Waals surface area contributed by atoms with Gasteiger partial charge in [0.2, 0.25) is 0 Å². The van der Waals surface area contributed by atoms with Crippen LogP contribution in [0, 0.1) is 19.7 Å². The van der Waals surface area contributed by atoms with E-state index in [2.05, 4.69) is 9.88 Å². The van der Waals surface area contributed by atoms with Gasteiger partial charge in [0.25, 0.3) is 0 Å². The van der Waals surface area contributed by atoms with Crippen LogP contribution in [0.1, 0.15) is 34.1 Å². The molecule has 8 heteroatoms. The molecule has 0 fully saturated rings. The number of anilines is 1. The third-order valence-electron chi connectivity index (χ3n) is 7.18. The summed E-state index contributed by atoms with van der Waals surface area (Å²) < 4.78 is 23.9. The Balaban J connectivity index is 1.53. The molecular formula is C31H28FN5O2. The first-order valence-corrected chi connectivity index (χ1v) is 12.7. The van der Waals surface area contributed by atoms with Gasteiger partial charge in [-0.1, -0.05) is 36.4 Å². The minimum Gasteiger partial charge on any atom is -0.497 e. The van der Waals surface area contributed by atoms with Gasteiger partial charge in [0.05, 0.1) is 36.8 Å². The molecule has 0 bridgehead atoms. The molecule has 3 heterocycles. The van der Waals surface area contributed by atoms with Gasteiger partial charge in [0.15, 0.2) is 0 Å². The second-order valence-electron chi connectivity index (χ2n) is 9.64. The molecule has 1 atom stereocenters. The van der Waals surface area contributed by atoms with Crippen LogP contribution in [0.15, 0.2) is 91.1 Å². The largest absolute Gasteiger partial charge is 0.497 e. The Morgan fingerprint density at radius 3 is 2.59 bits per heavy atom. The van der Waals surface area contributed by atoms with Crippen molar-refractivity contribution < 1.29 is 13.9 Å². The van der Waals surface area contributed by atoms with Gasteiger partial charge in [0.1, 0.15) is 17.4 Å². The second-order valence-corrected chi connectivity index (χ2v) is 9.64. The van der Waals surface area contributed by atoms with E-state index < -0.39 is 6.04 Å². The van der Waals surface area contributed by atoms with Crippen molar-refractivity contribution in [2.24, 2.45) is 0 Å². The summed E-state index contributed by atoms with van der Waals surface area (Å²) in [6.45, 7) is 3.94. The summed E-state index contributed by atoms with van der Waals surface area (Å²) in [6, 6.07) is 25.6. The number of nitrogens with one attached hydrogen (secondary N) is 1. The zero-order chi connectivity index (χ0) is 27.1. The Morgan fingerprint density at radius 2 is 1.82 bits per heavy atom. The number of nitrogens with zero attached hydrogens (tertiary/aromatic N) is 4. The van der Waals surface area contributed by atoms with Crippen molar-refractivity contribution in [3.63, 3.8) is 0 Å². The van der Waals surface area contributed by atoms with E-state index >= 15 is 0 Å². The van der Waals surface area contributed by atoms with Crippen molar-refractivity contribution in [2.75, 3.05) is 12.4 Å². The summed E-state index contributed by atoms with van der Waals surface area (Å²) in [6.07, 6.45) is 2.00. The Bertz CT molecular complexity index is 1670. The third kappa shape index (κ3) is 4.33. The van der Waals surface area contributed by atoms with Gasteiger partial charge in [-0.15, -0.1) is 0 Å². The number of methoxy groups -OCH3 is 1. The normalized spacial score (nSPS) is 14.4. The molecule has 2 amide bonds. The lowest BCUT2D eigenvalue weighted by Gasteiger charge is -2.31. The fraction of sp³-hybridized carbons (Fsp3) is 0.161. The highest BCUT2D eigenvalue weighted by atomic mass is 19.1. The van der Waals surface area contributed by atoms with E-state index in [1.165, 1.54) is 6.07 Å². The molecule has 7 nitrogen and oxygen atoms in total. The SMILES string of the molecule is COc1cccc(C2c3cccn3-c3c(c(C)nn3-c3ccccc3)CN2C(=O)Nc2ccc(C)c(F)c2)c1. The average molecular weight is 522 g/mol. The molecule has 39 heavy (non-hydrogen) atoms. The number of fused-ring (bicyclic) bond motifs is 3. The van der Waals surface area contributed by atoms with Crippen molar-refractivity contribution in [1.82, 2.24) is 19.2 Å². The smallest absolute Gasteiger partial charge is 0.322 e. The number of aryl methyl sites for hydroxylation is 2. The van der Waals surface area contributed by atoms with Crippen LogP contribution >= 0.6 is 0 Å². The highest BCUT2D eigenvalue weighted by Gasteiger charge is 2.36. The molecule has 196 valence electrons. The maximum Gasteiger partial charge on any atom is 0.322 e. The van der Waals surface area contributed by atoms with Gasteiger partial charge >= 0.3 is 6.03 Å². The number of hydrogen-bond donors (Lipinski definition) is 1. The number of carbonyl (C=O) groups is 1. The molecular weight excluding hydrogens is 493 g/mol. The van der Waals surface area contributed by atoms with Gasteiger partial charge in [0, 0.05) is 17.4 Å². The number of carbonyl (C=O) groups excluding carboxylic acids is 1. The number of aromatic nitrogens is 3. The minimum atomic E-state index is -0.457. The standard InChI is InChI=1S/C31H28FN5O2/c1-20-14-15-23(18-27(20)32)33-31(38)36-19-26-21(2)34-37(24-10-5-4-6-11-24)30(26)35-16-8-13-28(35)29(36)22-9-7-12-25(17-22)39-3/h4-18,29H,19H2,1-3H3,(H,33,38). The number of rotatable bonds is 4. The van der Waals surface area contributed by atoms with Gasteiger partial charge < -0.3 is 19.5 Å². The average Bonchev–Trinajstić information content (AvgIpc) is 3.51. The summed E-state index contributed by atoms with van der Waals surface area (Å²) in [5.41, 5.74) is 5.36. The van der Waals surface area contributed by atoms with E-state index in [0.29, 0.717) is 17.0 Å². The third-order valence-corrected chi connectivity index (χ3v) is 7.18. The first kappa shape index (κ1) is 24.5. The van der Waals surface area contributed by atoms with E-state index in [0.717, 1.165) is 34.0 Å². The van der Waals surface area contributed by atoms with Crippen LogP contribution in [0.4, 0.5) is 14.9 Å². The van der Waals surface area contributed by atoms with Crippen LogP contribution in [-0.2, 0) is 6.54 Å². The lowest BCUT2D eigenvalue weighted by Crippen LogP contribution is -2.38. The molecule has 2 aromatic heterocycles. The molecule has 0 saturated heterocycles. The quantitative estimate of drug-likeness (QED) is 0.291. The molecule has 1 unspecified atom stereocenters. The van der Waals surface area contributed by atoms with E-state index in [-0.39, 0.29) is 18.4 Å². The van der Waals surface area contributed by atoms with Crippen LogP contribution in [0.3, 0.4) is 0 Å². The van der Waals surface area contributed by atoms with Crippen molar-refractivity contribution in [3.8, 4) is 17.3 Å². The predicted octanol–water partition coefficient (Wildman–Crippen LogP) is 6.56. The fourth-order valence-corrected chi connectivity index (χ4v) is 5.18. The second kappa shape index (κ2) is 9.79. The maximum atomic E-state index is 14.3. The summed E-state index contributed by atoms with van der Waals surface area (Å²) in [7, 11) is 1.62. The van der Waals surface area contributed by atoms with Gasteiger partial charge in [-0.25, -0.2) is 13.9 Å². The van der Waals surface area contributed by atoms with Gasteiger partial charge in [-0.3, -0.25) is 0 Å². The van der Waals surface area contributed by atoms with Crippen LogP contribution in [0.5, 0.6) is 5.75 Å². The monoisotopic (exact) mass is 521 g/mol. The molecule has 0 saturated carbocycles. The maximum absolute atomic E-state index is 14.3. The molecule has 5 aromatic rings. The van der Waals surface area contributed by atoms with E-state index in [9.17, 15) is 9.18 Å². The predicted molar refractivity (Wildman–Crippen MR) is 148 cm³/mol. The molecule has 0 aliphatic carbocycles. The van der Waals surface area contributed by atoms with Crippen LogP contribution in [-0.4, -0.2) is 32.4 Å². The summed E-state index contributed by atoms with van der Waals surface area (Å²) >= 11 is 0. The molecule has 6 rings (SSSR count). The number of ether oxygens (including phenoxy) is 1. The summed E-state index contributed by atoms with van der Waals surface area (Å²) in [4.78, 5) is 15.8. The summed E-state index contributed by atoms with van der Waals surface area (Å²) in [5.74, 6) is 1.20. The van der Waals surface area contributed by atoms with E-state index in [1.54, 1.807) is 31.1 Å². The number of amides is 2.